The molecule has 1 aliphatic heterocycles. The highest BCUT2D eigenvalue weighted by Crippen LogP contribution is 2.53. The molecule has 1 saturated carbocycles. The Morgan fingerprint density at radius 1 is 1.28 bits per heavy atom. The molecule has 0 radical (unpaired) electrons. The van der Waals surface area contributed by atoms with Gasteiger partial charge in [0.2, 0.25) is 0 Å². The summed E-state index contributed by atoms with van der Waals surface area (Å²) in [5.74, 6) is 0.713. The second kappa shape index (κ2) is 9.17. The smallest absolute Gasteiger partial charge is 0.254 e. The van der Waals surface area contributed by atoms with Gasteiger partial charge in [0.1, 0.15) is 17.2 Å². The number of pyridine rings is 1. The Morgan fingerprint density at radius 2 is 2.03 bits per heavy atom. The van der Waals surface area contributed by atoms with Crippen molar-refractivity contribution in [3.05, 3.63) is 35.4 Å². The number of ether oxygens (including phenoxy) is 1. The van der Waals surface area contributed by atoms with E-state index >= 15 is 0 Å². The normalized spacial score (nSPS) is 18.1. The third-order valence-electron chi connectivity index (χ3n) is 6.38. The second-order valence-corrected chi connectivity index (χ2v) is 9.42. The van der Waals surface area contributed by atoms with Crippen LogP contribution in [-0.2, 0) is 4.74 Å². The van der Waals surface area contributed by atoms with Crippen LogP contribution in [0.15, 0.2) is 24.8 Å². The summed E-state index contributed by atoms with van der Waals surface area (Å²) in [4.78, 5) is 25.5. The highest BCUT2D eigenvalue weighted by atomic mass is 35.5. The zero-order valence-corrected chi connectivity index (χ0v) is 19.1. The summed E-state index contributed by atoms with van der Waals surface area (Å²) in [6.07, 6.45) is 7.93. The topological polar surface area (TPSA) is 121 Å². The van der Waals surface area contributed by atoms with Gasteiger partial charge in [-0.05, 0) is 39.5 Å². The lowest BCUT2D eigenvalue weighted by Crippen LogP contribution is -2.42. The number of carbonyl (C=O) groups is 1. The summed E-state index contributed by atoms with van der Waals surface area (Å²) >= 11 is 6.15. The fourth-order valence-corrected chi connectivity index (χ4v) is 4.06. The van der Waals surface area contributed by atoms with Crippen molar-refractivity contribution < 1.29 is 14.6 Å². The molecular formula is C22H29ClN6O3. The van der Waals surface area contributed by atoms with Gasteiger partial charge in [0.25, 0.3) is 5.91 Å². The van der Waals surface area contributed by atoms with Gasteiger partial charge in [-0.25, -0.2) is 15.0 Å². The molecule has 1 amide bonds. The molecule has 0 atom stereocenters. The van der Waals surface area contributed by atoms with Crippen molar-refractivity contribution in [2.24, 2.45) is 5.41 Å². The van der Waals surface area contributed by atoms with Gasteiger partial charge in [-0.15, -0.1) is 0 Å². The summed E-state index contributed by atoms with van der Waals surface area (Å²) in [6.45, 7) is 5.37. The fourth-order valence-electron chi connectivity index (χ4n) is 3.91. The van der Waals surface area contributed by atoms with Gasteiger partial charge in [-0.3, -0.25) is 4.79 Å². The second-order valence-electron chi connectivity index (χ2n) is 9.01. The van der Waals surface area contributed by atoms with Gasteiger partial charge in [0.05, 0.1) is 23.0 Å². The number of hydrogen-bond acceptors (Lipinski definition) is 8. The van der Waals surface area contributed by atoms with Crippen molar-refractivity contribution in [1.82, 2.24) is 20.3 Å². The van der Waals surface area contributed by atoms with E-state index in [0.29, 0.717) is 47.7 Å². The Balaban J connectivity index is 1.54. The maximum Gasteiger partial charge on any atom is 0.254 e. The highest BCUT2D eigenvalue weighted by Gasteiger charge is 2.53. The Morgan fingerprint density at radius 3 is 2.69 bits per heavy atom. The van der Waals surface area contributed by atoms with Gasteiger partial charge in [0, 0.05) is 43.5 Å². The summed E-state index contributed by atoms with van der Waals surface area (Å²) in [6, 6.07) is 1.98. The quantitative estimate of drug-likeness (QED) is 0.474. The molecule has 0 aromatic carbocycles. The molecule has 1 saturated heterocycles. The zero-order chi connectivity index (χ0) is 22.8. The molecule has 4 rings (SSSR count). The van der Waals surface area contributed by atoms with Crippen molar-refractivity contribution in [3.8, 4) is 0 Å². The van der Waals surface area contributed by atoms with Crippen LogP contribution in [0.4, 0.5) is 17.3 Å². The van der Waals surface area contributed by atoms with E-state index in [0.717, 1.165) is 25.7 Å². The number of nitrogens with zero attached hydrogens (tertiary/aromatic N) is 3. The number of rotatable bonds is 8. The molecule has 10 heteroatoms. The maximum absolute atomic E-state index is 13.1. The van der Waals surface area contributed by atoms with Crippen LogP contribution in [0.25, 0.3) is 0 Å². The van der Waals surface area contributed by atoms with Crippen LogP contribution in [0.5, 0.6) is 0 Å². The van der Waals surface area contributed by atoms with E-state index < -0.39 is 5.60 Å². The third-order valence-corrected chi connectivity index (χ3v) is 6.66. The van der Waals surface area contributed by atoms with E-state index in [2.05, 4.69) is 30.9 Å². The van der Waals surface area contributed by atoms with E-state index in [1.54, 1.807) is 19.9 Å². The van der Waals surface area contributed by atoms with Crippen LogP contribution in [0.3, 0.4) is 0 Å². The summed E-state index contributed by atoms with van der Waals surface area (Å²) in [7, 11) is 0. The van der Waals surface area contributed by atoms with E-state index in [1.807, 2.05) is 0 Å². The third kappa shape index (κ3) is 5.11. The highest BCUT2D eigenvalue weighted by molar-refractivity contribution is 6.32. The Bertz CT molecular complexity index is 970. The van der Waals surface area contributed by atoms with E-state index in [1.165, 1.54) is 18.7 Å². The molecule has 0 bridgehead atoms. The largest absolute Gasteiger partial charge is 0.390 e. The maximum atomic E-state index is 13.1. The van der Waals surface area contributed by atoms with Crippen molar-refractivity contribution in [3.63, 3.8) is 0 Å². The van der Waals surface area contributed by atoms with E-state index in [9.17, 15) is 9.90 Å². The minimum Gasteiger partial charge on any atom is -0.390 e. The van der Waals surface area contributed by atoms with E-state index in [-0.39, 0.29) is 17.4 Å². The number of anilines is 3. The molecule has 9 nitrogen and oxygen atoms in total. The molecule has 0 spiro atoms. The van der Waals surface area contributed by atoms with Gasteiger partial charge in [0.15, 0.2) is 5.82 Å². The Kier molecular flexibility index (Phi) is 6.50. The number of amides is 1. The van der Waals surface area contributed by atoms with Crippen molar-refractivity contribution in [2.75, 3.05) is 30.4 Å². The molecule has 32 heavy (non-hydrogen) atoms. The lowest BCUT2D eigenvalue weighted by molar-refractivity contribution is 0.00303. The molecule has 4 N–H and O–H groups in total. The molecule has 2 aromatic heterocycles. The van der Waals surface area contributed by atoms with Crippen LogP contribution >= 0.6 is 11.6 Å². The van der Waals surface area contributed by atoms with Gasteiger partial charge in [-0.1, -0.05) is 11.6 Å². The van der Waals surface area contributed by atoms with Crippen molar-refractivity contribution in [1.29, 1.82) is 0 Å². The van der Waals surface area contributed by atoms with Gasteiger partial charge in [-0.2, -0.15) is 0 Å². The number of nitrogens with one attached hydrogen (secondary N) is 3. The number of halogens is 1. The minimum atomic E-state index is -0.841. The first-order valence-corrected chi connectivity index (χ1v) is 11.2. The fraction of sp³-hybridized carbons (Fsp3) is 0.545. The lowest BCUT2D eigenvalue weighted by atomic mass is 9.87. The Labute approximate surface area is 192 Å². The molecular weight excluding hydrogens is 432 g/mol. The number of carbonyl (C=O) groups excluding carboxylic acids is 1. The lowest BCUT2D eigenvalue weighted by Gasteiger charge is -2.30. The number of aromatic nitrogens is 3. The van der Waals surface area contributed by atoms with Crippen LogP contribution in [0.1, 0.15) is 49.9 Å². The predicted molar refractivity (Wildman–Crippen MR) is 122 cm³/mol. The summed E-state index contributed by atoms with van der Waals surface area (Å²) in [5.41, 5.74) is 0.00892. The SMILES string of the molecule is CC(C)(O)C1(CNC(=O)c2cnc(Nc3ncncc3Cl)cc2NC2CCOCC2)CC1. The first-order chi connectivity index (χ1) is 15.3. The molecule has 1 aliphatic carbocycles. The Hall–Kier alpha value is -2.49. The predicted octanol–water partition coefficient (Wildman–Crippen LogP) is 3.14. The molecule has 3 heterocycles. The van der Waals surface area contributed by atoms with E-state index in [4.69, 9.17) is 16.3 Å². The number of hydrogen-bond donors (Lipinski definition) is 4. The van der Waals surface area contributed by atoms with Crippen molar-refractivity contribution in [2.45, 2.75) is 51.2 Å². The van der Waals surface area contributed by atoms with Gasteiger partial charge < -0.3 is 25.8 Å². The molecule has 2 fully saturated rings. The first kappa shape index (κ1) is 22.7. The van der Waals surface area contributed by atoms with Crippen molar-refractivity contribution >= 4 is 34.8 Å². The minimum absolute atomic E-state index is 0.194. The molecule has 0 unspecified atom stereocenters. The monoisotopic (exact) mass is 460 g/mol. The van der Waals surface area contributed by atoms with Crippen LogP contribution < -0.4 is 16.0 Å². The summed E-state index contributed by atoms with van der Waals surface area (Å²) in [5, 5.41) is 20.4. The zero-order valence-electron chi connectivity index (χ0n) is 18.3. The number of aliphatic hydroxyl groups is 1. The van der Waals surface area contributed by atoms with Crippen LogP contribution in [-0.4, -0.2) is 57.4 Å². The average molecular weight is 461 g/mol. The van der Waals surface area contributed by atoms with Gasteiger partial charge >= 0.3 is 0 Å². The van der Waals surface area contributed by atoms with Crippen LogP contribution in [0.2, 0.25) is 5.02 Å². The van der Waals surface area contributed by atoms with Crippen LogP contribution in [0, 0.1) is 5.41 Å². The average Bonchev–Trinajstić information content (AvgIpc) is 3.56. The molecule has 2 aromatic rings. The standard InChI is InChI=1S/C22H29ClN6O3/c1-21(2,31)22(5-6-22)12-26-20(30)15-10-25-18(29-19-16(23)11-24-13-27-19)9-17(15)28-14-3-7-32-8-4-14/h9-11,13-14,31H,3-8,12H2,1-2H3,(H,26,30)(H2,24,25,27,28,29). The first-order valence-electron chi connectivity index (χ1n) is 10.8. The molecule has 172 valence electrons. The summed E-state index contributed by atoms with van der Waals surface area (Å²) < 4.78 is 5.45. The molecule has 2 aliphatic rings.